The minimum absolute atomic E-state index is 0.0392. The van der Waals surface area contributed by atoms with Crippen molar-refractivity contribution in [2.75, 3.05) is 19.8 Å². The third kappa shape index (κ3) is 3.19. The minimum Gasteiger partial charge on any atom is -0.481 e. The van der Waals surface area contributed by atoms with Crippen LogP contribution in [-0.4, -0.2) is 41.8 Å². The normalized spacial score (nSPS) is 23.9. The summed E-state index contributed by atoms with van der Waals surface area (Å²) in [6.07, 6.45) is 1.00. The molecule has 1 fully saturated rings. The molecule has 0 spiro atoms. The maximum absolute atomic E-state index is 11.4. The van der Waals surface area contributed by atoms with Crippen molar-refractivity contribution in [3.63, 3.8) is 0 Å². The summed E-state index contributed by atoms with van der Waals surface area (Å²) in [4.78, 5) is 13.7. The average molecular weight is 277 g/mol. The van der Waals surface area contributed by atoms with E-state index < -0.39 is 11.9 Å². The van der Waals surface area contributed by atoms with Crippen LogP contribution >= 0.6 is 0 Å². The third-order valence-electron chi connectivity index (χ3n) is 4.05. The van der Waals surface area contributed by atoms with Crippen LogP contribution in [0.1, 0.15) is 31.9 Å². The molecule has 20 heavy (non-hydrogen) atoms. The molecule has 1 N–H and O–H groups in total. The first-order valence-corrected chi connectivity index (χ1v) is 7.26. The summed E-state index contributed by atoms with van der Waals surface area (Å²) < 4.78 is 5.42. The van der Waals surface area contributed by atoms with E-state index in [-0.39, 0.29) is 12.1 Å². The van der Waals surface area contributed by atoms with Crippen molar-refractivity contribution in [3.05, 3.63) is 35.9 Å². The molecule has 3 atom stereocenters. The standard InChI is InChI=1S/C16H23NO3/c1-3-9-17(12(2)13-7-5-4-6-8-13)15-11-20-10-14(15)16(18)19/h4-8,12,14-15H,3,9-11H2,1-2H3,(H,18,19). The maximum Gasteiger partial charge on any atom is 0.310 e. The number of carbonyl (C=O) groups is 1. The number of ether oxygens (including phenoxy) is 1. The van der Waals surface area contributed by atoms with Gasteiger partial charge in [-0.1, -0.05) is 37.3 Å². The number of hydrogen-bond donors (Lipinski definition) is 1. The monoisotopic (exact) mass is 277 g/mol. The molecule has 4 nitrogen and oxygen atoms in total. The molecule has 3 unspecified atom stereocenters. The number of carboxylic acids is 1. The maximum atomic E-state index is 11.4. The second-order valence-corrected chi connectivity index (χ2v) is 5.37. The van der Waals surface area contributed by atoms with Gasteiger partial charge in [-0.25, -0.2) is 0 Å². The van der Waals surface area contributed by atoms with Crippen molar-refractivity contribution in [2.45, 2.75) is 32.4 Å². The number of aliphatic carboxylic acids is 1. The van der Waals surface area contributed by atoms with Gasteiger partial charge in [0, 0.05) is 12.1 Å². The lowest BCUT2D eigenvalue weighted by Crippen LogP contribution is -2.44. The van der Waals surface area contributed by atoms with Crippen molar-refractivity contribution in [3.8, 4) is 0 Å². The van der Waals surface area contributed by atoms with Crippen LogP contribution in [-0.2, 0) is 9.53 Å². The fourth-order valence-electron chi connectivity index (χ4n) is 2.93. The van der Waals surface area contributed by atoms with Gasteiger partial charge in [0.15, 0.2) is 0 Å². The Morgan fingerprint density at radius 1 is 1.40 bits per heavy atom. The molecule has 0 aliphatic carbocycles. The van der Waals surface area contributed by atoms with Gasteiger partial charge in [-0.2, -0.15) is 0 Å². The zero-order valence-corrected chi connectivity index (χ0v) is 12.2. The van der Waals surface area contributed by atoms with Crippen LogP contribution in [0.3, 0.4) is 0 Å². The van der Waals surface area contributed by atoms with Crippen LogP contribution in [0.15, 0.2) is 30.3 Å². The van der Waals surface area contributed by atoms with Gasteiger partial charge in [0.25, 0.3) is 0 Å². The Kier molecular flexibility index (Phi) is 5.15. The van der Waals surface area contributed by atoms with E-state index in [0.29, 0.717) is 13.2 Å². The van der Waals surface area contributed by atoms with Gasteiger partial charge in [-0.15, -0.1) is 0 Å². The van der Waals surface area contributed by atoms with Crippen LogP contribution in [0.4, 0.5) is 0 Å². The Labute approximate surface area is 120 Å². The van der Waals surface area contributed by atoms with E-state index in [1.807, 2.05) is 18.2 Å². The molecule has 0 aromatic heterocycles. The molecule has 4 heteroatoms. The van der Waals surface area contributed by atoms with E-state index in [0.717, 1.165) is 13.0 Å². The highest BCUT2D eigenvalue weighted by atomic mass is 16.5. The summed E-state index contributed by atoms with van der Waals surface area (Å²) in [5.74, 6) is -1.18. The predicted octanol–water partition coefficient (Wildman–Crippen LogP) is 2.56. The fourth-order valence-corrected chi connectivity index (χ4v) is 2.93. The van der Waals surface area contributed by atoms with Crippen molar-refractivity contribution in [1.82, 2.24) is 4.90 Å². The van der Waals surface area contributed by atoms with Gasteiger partial charge in [-0.3, -0.25) is 9.69 Å². The largest absolute Gasteiger partial charge is 0.481 e. The lowest BCUT2D eigenvalue weighted by atomic mass is 9.98. The van der Waals surface area contributed by atoms with Crippen LogP contribution in [0.25, 0.3) is 0 Å². The number of benzene rings is 1. The van der Waals surface area contributed by atoms with Crippen LogP contribution in [0, 0.1) is 5.92 Å². The smallest absolute Gasteiger partial charge is 0.310 e. The van der Waals surface area contributed by atoms with Crippen LogP contribution in [0.2, 0.25) is 0 Å². The highest BCUT2D eigenvalue weighted by molar-refractivity contribution is 5.71. The third-order valence-corrected chi connectivity index (χ3v) is 4.05. The summed E-state index contributed by atoms with van der Waals surface area (Å²) in [6.45, 7) is 5.97. The average Bonchev–Trinajstić information content (AvgIpc) is 2.94. The van der Waals surface area contributed by atoms with E-state index >= 15 is 0 Å². The second kappa shape index (κ2) is 6.86. The molecule has 110 valence electrons. The molecule has 2 rings (SSSR count). The first kappa shape index (κ1) is 15.0. The molecule has 0 saturated carbocycles. The van der Waals surface area contributed by atoms with E-state index in [2.05, 4.69) is 30.9 Å². The van der Waals surface area contributed by atoms with E-state index in [9.17, 15) is 9.90 Å². The molecular weight excluding hydrogens is 254 g/mol. The Bertz CT molecular complexity index is 435. The minimum atomic E-state index is -0.756. The van der Waals surface area contributed by atoms with Gasteiger partial charge < -0.3 is 9.84 Å². The Morgan fingerprint density at radius 2 is 2.10 bits per heavy atom. The van der Waals surface area contributed by atoms with Gasteiger partial charge in [0.2, 0.25) is 0 Å². The highest BCUT2D eigenvalue weighted by Gasteiger charge is 2.39. The first-order valence-electron chi connectivity index (χ1n) is 7.26. The predicted molar refractivity (Wildman–Crippen MR) is 77.6 cm³/mol. The topological polar surface area (TPSA) is 49.8 Å². The number of hydrogen-bond acceptors (Lipinski definition) is 3. The lowest BCUT2D eigenvalue weighted by Gasteiger charge is -2.35. The van der Waals surface area contributed by atoms with E-state index in [1.54, 1.807) is 0 Å². The molecule has 1 aliphatic rings. The Morgan fingerprint density at radius 3 is 2.70 bits per heavy atom. The van der Waals surface area contributed by atoms with E-state index in [4.69, 9.17) is 4.74 Å². The zero-order chi connectivity index (χ0) is 14.5. The number of carboxylic acid groups (broad SMARTS) is 1. The molecule has 1 aliphatic heterocycles. The number of rotatable bonds is 6. The van der Waals surface area contributed by atoms with Crippen LogP contribution in [0.5, 0.6) is 0 Å². The van der Waals surface area contributed by atoms with Gasteiger partial charge in [-0.05, 0) is 25.5 Å². The van der Waals surface area contributed by atoms with Gasteiger partial charge in [0.05, 0.1) is 19.1 Å². The molecule has 1 saturated heterocycles. The van der Waals surface area contributed by atoms with E-state index in [1.165, 1.54) is 5.56 Å². The summed E-state index contributed by atoms with van der Waals surface area (Å²) >= 11 is 0. The highest BCUT2D eigenvalue weighted by Crippen LogP contribution is 2.29. The molecule has 0 bridgehead atoms. The molecule has 0 amide bonds. The van der Waals surface area contributed by atoms with Crippen molar-refractivity contribution < 1.29 is 14.6 Å². The van der Waals surface area contributed by atoms with Gasteiger partial charge >= 0.3 is 5.97 Å². The second-order valence-electron chi connectivity index (χ2n) is 5.37. The van der Waals surface area contributed by atoms with Crippen molar-refractivity contribution in [2.24, 2.45) is 5.92 Å². The molecule has 1 aromatic rings. The fraction of sp³-hybridized carbons (Fsp3) is 0.562. The zero-order valence-electron chi connectivity index (χ0n) is 12.2. The first-order chi connectivity index (χ1) is 9.65. The summed E-state index contributed by atoms with van der Waals surface area (Å²) in [7, 11) is 0. The lowest BCUT2D eigenvalue weighted by molar-refractivity contribution is -0.143. The van der Waals surface area contributed by atoms with Gasteiger partial charge in [0.1, 0.15) is 0 Å². The Balaban J connectivity index is 2.20. The molecule has 1 heterocycles. The van der Waals surface area contributed by atoms with Crippen molar-refractivity contribution >= 4 is 5.97 Å². The van der Waals surface area contributed by atoms with Crippen molar-refractivity contribution in [1.29, 1.82) is 0 Å². The molecule has 0 radical (unpaired) electrons. The summed E-state index contributed by atoms with van der Waals surface area (Å²) in [6, 6.07) is 10.4. The summed E-state index contributed by atoms with van der Waals surface area (Å²) in [5.41, 5.74) is 1.22. The SMILES string of the molecule is CCCN(C(C)c1ccccc1)C1COCC1C(=O)O. The summed E-state index contributed by atoms with van der Waals surface area (Å²) in [5, 5.41) is 9.35. The van der Waals surface area contributed by atoms with Crippen LogP contribution < -0.4 is 0 Å². The Hall–Kier alpha value is -1.39. The molecular formula is C16H23NO3. The number of nitrogens with zero attached hydrogens (tertiary/aromatic N) is 1. The molecule has 1 aromatic carbocycles. The quantitative estimate of drug-likeness (QED) is 0.868.